The van der Waals surface area contributed by atoms with Gasteiger partial charge in [-0.25, -0.2) is 19.8 Å². The molecule has 1 heterocycles. The van der Waals surface area contributed by atoms with Gasteiger partial charge in [0, 0.05) is 5.56 Å². The molecule has 1 aromatic heterocycles. The van der Waals surface area contributed by atoms with Crippen LogP contribution in [0.25, 0.3) is 81.6 Å². The first-order valence-corrected chi connectivity index (χ1v) is 15.1. The highest BCUT2D eigenvalue weighted by atomic mass is 15.0. The molecule has 8 aromatic rings. The van der Waals surface area contributed by atoms with Gasteiger partial charge in [-0.3, -0.25) is 0 Å². The highest BCUT2D eigenvalue weighted by Gasteiger charge is 2.20. The topological polar surface area (TPSA) is 43.0 Å². The van der Waals surface area contributed by atoms with Gasteiger partial charge in [-0.05, 0) is 116 Å². The first-order valence-electron chi connectivity index (χ1n) is 15.1. The van der Waals surface area contributed by atoms with Crippen LogP contribution in [0.3, 0.4) is 0 Å². The van der Waals surface area contributed by atoms with Gasteiger partial charge in [0.15, 0.2) is 11.5 Å². The van der Waals surface area contributed by atoms with E-state index in [1.807, 2.05) is 19.9 Å². The molecule has 0 saturated carbocycles. The molecule has 0 saturated heterocycles. The molecule has 0 radical (unpaired) electrons. The van der Waals surface area contributed by atoms with E-state index in [2.05, 4.69) is 126 Å². The number of rotatable bonds is 3. The summed E-state index contributed by atoms with van der Waals surface area (Å²) in [5, 5.41) is 9.18. The van der Waals surface area contributed by atoms with Crippen molar-refractivity contribution in [3.8, 4) is 33.6 Å². The van der Waals surface area contributed by atoms with Gasteiger partial charge >= 0.3 is 0 Å². The predicted octanol–water partition coefficient (Wildman–Crippen LogP) is 11.0. The van der Waals surface area contributed by atoms with Crippen LogP contribution in [0.5, 0.6) is 0 Å². The van der Waals surface area contributed by atoms with Gasteiger partial charge < -0.3 is 0 Å². The molecule has 0 atom stereocenters. The van der Waals surface area contributed by atoms with E-state index in [-0.39, 0.29) is 0 Å². The molecule has 45 heavy (non-hydrogen) atoms. The first kappa shape index (κ1) is 26.7. The predicted molar refractivity (Wildman–Crippen MR) is 187 cm³/mol. The van der Waals surface area contributed by atoms with E-state index in [1.54, 1.807) is 0 Å². The van der Waals surface area contributed by atoms with Gasteiger partial charge in [0.25, 0.3) is 0 Å². The molecule has 0 fully saturated rings. The van der Waals surface area contributed by atoms with Crippen molar-refractivity contribution in [2.24, 2.45) is 0 Å². The molecular weight excluding hydrogens is 548 g/mol. The molecule has 0 aliphatic carbocycles. The van der Waals surface area contributed by atoms with Crippen LogP contribution < -0.4 is 0 Å². The number of nitrogens with zero attached hydrogens (tertiary/aromatic N) is 4. The Hall–Kier alpha value is -5.92. The maximum Gasteiger partial charge on any atom is 0.187 e. The van der Waals surface area contributed by atoms with Crippen molar-refractivity contribution in [3.05, 3.63) is 144 Å². The molecule has 0 unspecified atom stereocenters. The van der Waals surface area contributed by atoms with Crippen LogP contribution in [0, 0.1) is 27.3 Å². The Kier molecular flexibility index (Phi) is 6.15. The minimum Gasteiger partial charge on any atom is -0.238 e. The van der Waals surface area contributed by atoms with Crippen molar-refractivity contribution in [2.45, 2.75) is 20.8 Å². The fourth-order valence-corrected chi connectivity index (χ4v) is 6.73. The van der Waals surface area contributed by atoms with Crippen LogP contribution >= 0.6 is 0 Å². The highest BCUT2D eigenvalue weighted by Crippen LogP contribution is 2.47. The third-order valence-electron chi connectivity index (χ3n) is 8.75. The lowest BCUT2D eigenvalue weighted by Crippen LogP contribution is -2.00. The molecule has 212 valence electrons. The second-order valence-electron chi connectivity index (χ2n) is 11.7. The monoisotopic (exact) mass is 576 g/mol. The molecule has 0 spiro atoms. The van der Waals surface area contributed by atoms with Crippen LogP contribution in [0.1, 0.15) is 17.2 Å². The third-order valence-corrected chi connectivity index (χ3v) is 8.75. The maximum atomic E-state index is 7.87. The van der Waals surface area contributed by atoms with E-state index in [0.717, 1.165) is 54.9 Å². The molecule has 0 N–H and O–H groups in total. The Balaban J connectivity index is 1.56. The van der Waals surface area contributed by atoms with Gasteiger partial charge in [0.05, 0.1) is 6.57 Å². The third kappa shape index (κ3) is 4.49. The second kappa shape index (κ2) is 10.4. The highest BCUT2D eigenvalue weighted by molar-refractivity contribution is 6.23. The Labute approximate surface area is 261 Å². The van der Waals surface area contributed by atoms with E-state index in [1.165, 1.54) is 21.5 Å². The Morgan fingerprint density at radius 3 is 1.62 bits per heavy atom. The average Bonchev–Trinajstić information content (AvgIpc) is 3.05. The van der Waals surface area contributed by atoms with Gasteiger partial charge in [0.2, 0.25) is 0 Å². The molecule has 8 rings (SSSR count). The standard InChI is InChI=1S/C41H28N4/c1-24-19-36-38(23-35(24)41-44-25(2)43-26(3)45-41)39(31-15-13-27-9-5-7-11-29(27)20-31)34-18-17-33(42-4)22-37(34)40(36)32-16-14-28-10-6-8-12-30(28)21-32/h5-23H,1-3H3. The molecule has 0 bridgehead atoms. The van der Waals surface area contributed by atoms with Gasteiger partial charge in [0.1, 0.15) is 11.6 Å². The zero-order chi connectivity index (χ0) is 30.7. The number of hydrogen-bond acceptors (Lipinski definition) is 3. The molecule has 0 aliphatic heterocycles. The fourth-order valence-electron chi connectivity index (χ4n) is 6.73. The van der Waals surface area contributed by atoms with E-state index < -0.39 is 0 Å². The Morgan fingerprint density at radius 2 is 1.02 bits per heavy atom. The van der Waals surface area contributed by atoms with Crippen LogP contribution in [-0.4, -0.2) is 15.0 Å². The summed E-state index contributed by atoms with van der Waals surface area (Å²) in [6.07, 6.45) is 0. The number of hydrogen-bond donors (Lipinski definition) is 0. The summed E-state index contributed by atoms with van der Waals surface area (Å²) in [6, 6.07) is 40.9. The van der Waals surface area contributed by atoms with Crippen molar-refractivity contribution in [2.75, 3.05) is 0 Å². The molecule has 7 aromatic carbocycles. The van der Waals surface area contributed by atoms with Crippen LogP contribution in [-0.2, 0) is 0 Å². The van der Waals surface area contributed by atoms with Crippen molar-refractivity contribution < 1.29 is 0 Å². The van der Waals surface area contributed by atoms with E-state index in [0.29, 0.717) is 23.2 Å². The molecular formula is C41H28N4. The lowest BCUT2D eigenvalue weighted by molar-refractivity contribution is 0.928. The normalized spacial score (nSPS) is 11.4. The number of benzene rings is 7. The lowest BCUT2D eigenvalue weighted by Gasteiger charge is -2.20. The van der Waals surface area contributed by atoms with E-state index in [9.17, 15) is 0 Å². The SMILES string of the molecule is [C-]#[N+]c1ccc2c(-c3ccc4ccccc4c3)c3cc(-c4nc(C)nc(C)n4)c(C)cc3c(-c3ccc4ccccc4c3)c2c1. The summed E-state index contributed by atoms with van der Waals surface area (Å²) in [5.41, 5.74) is 7.20. The summed E-state index contributed by atoms with van der Waals surface area (Å²) < 4.78 is 0. The molecule has 4 nitrogen and oxygen atoms in total. The molecule has 0 amide bonds. The van der Waals surface area contributed by atoms with Crippen LogP contribution in [0.15, 0.2) is 115 Å². The van der Waals surface area contributed by atoms with Crippen molar-refractivity contribution >= 4 is 48.8 Å². The van der Waals surface area contributed by atoms with E-state index >= 15 is 0 Å². The molecule has 0 aliphatic rings. The Morgan fingerprint density at radius 1 is 0.489 bits per heavy atom. The summed E-state index contributed by atoms with van der Waals surface area (Å²) in [7, 11) is 0. The minimum atomic E-state index is 0.623. The summed E-state index contributed by atoms with van der Waals surface area (Å²) in [4.78, 5) is 17.8. The zero-order valence-corrected chi connectivity index (χ0v) is 25.3. The smallest absolute Gasteiger partial charge is 0.187 e. The lowest BCUT2D eigenvalue weighted by atomic mass is 9.83. The molecule has 4 heteroatoms. The van der Waals surface area contributed by atoms with Gasteiger partial charge in [-0.15, -0.1) is 0 Å². The number of fused-ring (bicyclic) bond motifs is 4. The number of aryl methyl sites for hydroxylation is 3. The van der Waals surface area contributed by atoms with E-state index in [4.69, 9.17) is 16.5 Å². The maximum absolute atomic E-state index is 7.87. The number of aromatic nitrogens is 3. The van der Waals surface area contributed by atoms with Crippen molar-refractivity contribution in [3.63, 3.8) is 0 Å². The summed E-state index contributed by atoms with van der Waals surface area (Å²) in [6.45, 7) is 13.8. The van der Waals surface area contributed by atoms with Gasteiger partial charge in [-0.1, -0.05) is 91.0 Å². The van der Waals surface area contributed by atoms with Gasteiger partial charge in [-0.2, -0.15) is 0 Å². The summed E-state index contributed by atoms with van der Waals surface area (Å²) in [5.74, 6) is 2.09. The minimum absolute atomic E-state index is 0.623. The first-order chi connectivity index (χ1) is 22.0. The quantitative estimate of drug-likeness (QED) is 0.155. The largest absolute Gasteiger partial charge is 0.238 e. The zero-order valence-electron chi connectivity index (χ0n) is 25.3. The Bertz CT molecular complexity index is 2520. The summed E-state index contributed by atoms with van der Waals surface area (Å²) >= 11 is 0. The van der Waals surface area contributed by atoms with Crippen molar-refractivity contribution in [1.29, 1.82) is 0 Å². The average molecular weight is 577 g/mol. The van der Waals surface area contributed by atoms with Crippen LogP contribution in [0.4, 0.5) is 5.69 Å². The second-order valence-corrected chi connectivity index (χ2v) is 11.7. The van der Waals surface area contributed by atoms with Crippen molar-refractivity contribution in [1.82, 2.24) is 15.0 Å². The van der Waals surface area contributed by atoms with Crippen LogP contribution in [0.2, 0.25) is 0 Å². The fraction of sp³-hybridized carbons (Fsp3) is 0.0732.